The Bertz CT molecular complexity index is 517. The first-order valence-corrected chi connectivity index (χ1v) is 7.04. The summed E-state index contributed by atoms with van der Waals surface area (Å²) in [5.74, 6) is 0. The van der Waals surface area contributed by atoms with Gasteiger partial charge in [-0.1, -0.05) is 12.7 Å². The molecule has 8 nitrogen and oxygen atoms in total. The van der Waals surface area contributed by atoms with Crippen molar-refractivity contribution in [1.29, 1.82) is 0 Å². The fourth-order valence-electron chi connectivity index (χ4n) is 1.50. The zero-order valence-corrected chi connectivity index (χ0v) is 12.7. The Morgan fingerprint density at radius 2 is 1.36 bits per heavy atom. The van der Waals surface area contributed by atoms with Gasteiger partial charge in [0, 0.05) is 0 Å². The molecule has 2 saturated heterocycles. The van der Waals surface area contributed by atoms with Gasteiger partial charge in [0.25, 0.3) is 0 Å². The molecule has 0 saturated carbocycles. The number of hydrogen-bond acceptors (Lipinski definition) is 8. The van der Waals surface area contributed by atoms with Crippen molar-refractivity contribution in [2.75, 3.05) is 33.0 Å². The van der Waals surface area contributed by atoms with Gasteiger partial charge < -0.3 is 23.7 Å². The van der Waals surface area contributed by atoms with E-state index in [2.05, 4.69) is 21.5 Å². The van der Waals surface area contributed by atoms with E-state index in [9.17, 15) is 0 Å². The molecule has 0 bridgehead atoms. The van der Waals surface area contributed by atoms with Crippen molar-refractivity contribution in [2.24, 2.45) is 0 Å². The maximum Gasteiger partial charge on any atom is 0.326 e. The normalized spacial score (nSPS) is 28.8. The smallest absolute Gasteiger partial charge is 0.326 e. The van der Waals surface area contributed by atoms with E-state index in [0.29, 0.717) is 26.4 Å². The molecule has 2 atom stereocenters. The Hall–Kier alpha value is -1.93. The Morgan fingerprint density at radius 3 is 1.73 bits per heavy atom. The topological polar surface area (TPSA) is 91.4 Å². The van der Waals surface area contributed by atoms with Crippen molar-refractivity contribution in [1.82, 2.24) is 15.0 Å². The maximum atomic E-state index is 5.54. The van der Waals surface area contributed by atoms with E-state index < -0.39 is 0 Å². The second kappa shape index (κ2) is 5.69. The molecule has 0 aliphatic carbocycles. The standard InChI is InChI=1S/C14H19N3O5/c1-4-5-18-10-15-11(19-6-13(2)8-21-13)17-12(16-10)20-7-14(3)9-22-14/h4H,1,5-9H2,2-3H3. The van der Waals surface area contributed by atoms with Gasteiger partial charge in [-0.3, -0.25) is 0 Å². The number of epoxide rings is 2. The Labute approximate surface area is 128 Å². The Balaban J connectivity index is 1.66. The Kier molecular flexibility index (Phi) is 3.88. The molecular weight excluding hydrogens is 290 g/mol. The van der Waals surface area contributed by atoms with Crippen molar-refractivity contribution in [3.63, 3.8) is 0 Å². The van der Waals surface area contributed by atoms with Crippen molar-refractivity contribution in [2.45, 2.75) is 25.0 Å². The predicted molar refractivity (Wildman–Crippen MR) is 75.2 cm³/mol. The van der Waals surface area contributed by atoms with Crippen molar-refractivity contribution < 1.29 is 23.7 Å². The predicted octanol–water partition coefficient (Wildman–Crippen LogP) is 0.772. The average Bonchev–Trinajstić information content (AvgIpc) is 3.42. The molecule has 22 heavy (non-hydrogen) atoms. The van der Waals surface area contributed by atoms with Crippen LogP contribution >= 0.6 is 0 Å². The number of rotatable bonds is 9. The monoisotopic (exact) mass is 309 g/mol. The summed E-state index contributed by atoms with van der Waals surface area (Å²) >= 11 is 0. The third kappa shape index (κ3) is 4.05. The van der Waals surface area contributed by atoms with Crippen molar-refractivity contribution >= 4 is 0 Å². The van der Waals surface area contributed by atoms with E-state index in [1.165, 1.54) is 0 Å². The highest BCUT2D eigenvalue weighted by atomic mass is 16.6. The first-order valence-electron chi connectivity index (χ1n) is 7.04. The second-order valence-corrected chi connectivity index (χ2v) is 5.84. The second-order valence-electron chi connectivity index (χ2n) is 5.84. The van der Waals surface area contributed by atoms with Crippen molar-refractivity contribution in [3.05, 3.63) is 12.7 Å². The van der Waals surface area contributed by atoms with Crippen LogP contribution < -0.4 is 14.2 Å². The van der Waals surface area contributed by atoms with Gasteiger partial charge in [0.15, 0.2) is 0 Å². The van der Waals surface area contributed by atoms with Crippen LogP contribution in [0.4, 0.5) is 0 Å². The third-order valence-electron chi connectivity index (χ3n) is 3.19. The summed E-state index contributed by atoms with van der Waals surface area (Å²) < 4.78 is 26.9. The molecular formula is C14H19N3O5. The van der Waals surface area contributed by atoms with Crippen LogP contribution in [0.3, 0.4) is 0 Å². The SMILES string of the molecule is C=CCOc1nc(OCC2(C)CO2)nc(OCC2(C)CO2)n1. The van der Waals surface area contributed by atoms with Crippen LogP contribution in [-0.4, -0.2) is 59.2 Å². The van der Waals surface area contributed by atoms with E-state index >= 15 is 0 Å². The molecule has 2 aliphatic heterocycles. The number of hydrogen-bond donors (Lipinski definition) is 0. The van der Waals surface area contributed by atoms with E-state index in [4.69, 9.17) is 23.7 Å². The molecule has 0 aromatic carbocycles. The van der Waals surface area contributed by atoms with Gasteiger partial charge in [0.1, 0.15) is 31.0 Å². The van der Waals surface area contributed by atoms with E-state index in [1.54, 1.807) is 6.08 Å². The molecule has 0 radical (unpaired) electrons. The van der Waals surface area contributed by atoms with Gasteiger partial charge in [-0.05, 0) is 13.8 Å². The molecule has 2 fully saturated rings. The molecule has 2 unspecified atom stereocenters. The highest BCUT2D eigenvalue weighted by Crippen LogP contribution is 2.28. The van der Waals surface area contributed by atoms with Crippen LogP contribution in [0.2, 0.25) is 0 Å². The molecule has 1 aromatic heterocycles. The summed E-state index contributed by atoms with van der Waals surface area (Å²) in [5.41, 5.74) is -0.518. The largest absolute Gasteiger partial charge is 0.460 e. The van der Waals surface area contributed by atoms with Gasteiger partial charge in [0.2, 0.25) is 0 Å². The first kappa shape index (κ1) is 15.0. The lowest BCUT2D eigenvalue weighted by Crippen LogP contribution is -2.20. The third-order valence-corrected chi connectivity index (χ3v) is 3.19. The molecule has 0 N–H and O–H groups in total. The van der Waals surface area contributed by atoms with E-state index in [-0.39, 0.29) is 35.8 Å². The lowest BCUT2D eigenvalue weighted by molar-refractivity contribution is 0.170. The van der Waals surface area contributed by atoms with Gasteiger partial charge in [-0.25, -0.2) is 0 Å². The van der Waals surface area contributed by atoms with E-state index in [1.807, 2.05) is 13.8 Å². The summed E-state index contributed by atoms with van der Waals surface area (Å²) in [6.07, 6.45) is 1.60. The minimum atomic E-state index is -0.259. The van der Waals surface area contributed by atoms with Crippen LogP contribution in [0.15, 0.2) is 12.7 Å². The Morgan fingerprint density at radius 1 is 0.955 bits per heavy atom. The lowest BCUT2D eigenvalue weighted by atomic mass is 10.2. The molecule has 2 aliphatic rings. The number of nitrogens with zero attached hydrogens (tertiary/aromatic N) is 3. The molecule has 3 rings (SSSR count). The van der Waals surface area contributed by atoms with Crippen LogP contribution in [0.1, 0.15) is 13.8 Å². The molecule has 120 valence electrons. The summed E-state index contributed by atoms with van der Waals surface area (Å²) in [5, 5.41) is 0. The van der Waals surface area contributed by atoms with E-state index in [0.717, 1.165) is 0 Å². The minimum absolute atomic E-state index is 0.128. The molecule has 8 heteroatoms. The lowest BCUT2D eigenvalue weighted by Gasteiger charge is -2.11. The zero-order chi connectivity index (χ0) is 15.6. The van der Waals surface area contributed by atoms with Crippen LogP contribution in [0.5, 0.6) is 18.0 Å². The van der Waals surface area contributed by atoms with Gasteiger partial charge >= 0.3 is 18.0 Å². The summed E-state index contributed by atoms with van der Waals surface area (Å²) in [6, 6.07) is 0.411. The maximum absolute atomic E-state index is 5.54. The first-order chi connectivity index (χ1) is 10.5. The highest BCUT2D eigenvalue weighted by molar-refractivity contribution is 5.10. The van der Waals surface area contributed by atoms with Gasteiger partial charge in [-0.15, -0.1) is 15.0 Å². The quantitative estimate of drug-likeness (QED) is 0.488. The van der Waals surface area contributed by atoms with Crippen LogP contribution in [0, 0.1) is 0 Å². The van der Waals surface area contributed by atoms with Crippen LogP contribution in [0.25, 0.3) is 0 Å². The number of ether oxygens (including phenoxy) is 5. The van der Waals surface area contributed by atoms with Gasteiger partial charge in [-0.2, -0.15) is 0 Å². The molecule has 3 heterocycles. The molecule has 0 spiro atoms. The van der Waals surface area contributed by atoms with Gasteiger partial charge in [0.05, 0.1) is 13.2 Å². The number of aromatic nitrogens is 3. The van der Waals surface area contributed by atoms with Crippen molar-refractivity contribution in [3.8, 4) is 18.0 Å². The summed E-state index contributed by atoms with van der Waals surface area (Å²) in [4.78, 5) is 12.3. The zero-order valence-electron chi connectivity index (χ0n) is 12.7. The van der Waals surface area contributed by atoms with Crippen LogP contribution in [-0.2, 0) is 9.47 Å². The highest BCUT2D eigenvalue weighted by Gasteiger charge is 2.41. The molecule has 1 aromatic rings. The summed E-state index contributed by atoms with van der Waals surface area (Å²) in [7, 11) is 0. The molecule has 0 amide bonds. The fraction of sp³-hybridized carbons (Fsp3) is 0.643. The average molecular weight is 309 g/mol. The minimum Gasteiger partial charge on any atom is -0.460 e. The fourth-order valence-corrected chi connectivity index (χ4v) is 1.50. The summed E-state index contributed by atoms with van der Waals surface area (Å²) in [6.45, 7) is 9.81.